The monoisotopic (exact) mass is 298 g/mol. The van der Waals surface area contributed by atoms with Crippen molar-refractivity contribution in [2.45, 2.75) is 38.8 Å². The largest absolute Gasteiger partial charge is 0.360 e. The molecule has 0 aliphatic rings. The third kappa shape index (κ3) is 2.61. The lowest BCUT2D eigenvalue weighted by Crippen LogP contribution is -2.27. The lowest BCUT2D eigenvalue weighted by Gasteiger charge is -2.15. The van der Waals surface area contributed by atoms with Gasteiger partial charge in [-0.05, 0) is 20.8 Å². The lowest BCUT2D eigenvalue weighted by molar-refractivity contribution is 0.389. The predicted octanol–water partition coefficient (Wildman–Crippen LogP) is 1.33. The van der Waals surface area contributed by atoms with Crippen LogP contribution in [0.4, 0.5) is 0 Å². The zero-order valence-corrected chi connectivity index (χ0v) is 12.8. The van der Waals surface area contributed by atoms with Crippen molar-refractivity contribution < 1.29 is 12.9 Å². The maximum absolute atomic E-state index is 12.5. The summed E-state index contributed by atoms with van der Waals surface area (Å²) in [4.78, 5) is 0.142. The molecule has 0 radical (unpaired) electrons. The Labute approximate surface area is 118 Å². The van der Waals surface area contributed by atoms with E-state index in [0.717, 1.165) is 12.1 Å². The SMILES string of the molecule is CCn1cc(CN(C)S(=O)(=O)c2c(C)noc2C)cn1. The van der Waals surface area contributed by atoms with Gasteiger partial charge >= 0.3 is 0 Å². The summed E-state index contributed by atoms with van der Waals surface area (Å²) in [6.07, 6.45) is 3.50. The number of nitrogens with zero attached hydrogens (tertiary/aromatic N) is 4. The van der Waals surface area contributed by atoms with Crippen LogP contribution in [0, 0.1) is 13.8 Å². The van der Waals surface area contributed by atoms with Gasteiger partial charge in [-0.1, -0.05) is 5.16 Å². The van der Waals surface area contributed by atoms with Gasteiger partial charge in [-0.25, -0.2) is 8.42 Å². The van der Waals surface area contributed by atoms with Gasteiger partial charge < -0.3 is 4.52 Å². The molecule has 7 nitrogen and oxygen atoms in total. The fraction of sp³-hybridized carbons (Fsp3) is 0.500. The van der Waals surface area contributed by atoms with Crippen molar-refractivity contribution in [1.29, 1.82) is 0 Å². The average molecular weight is 298 g/mol. The van der Waals surface area contributed by atoms with Gasteiger partial charge in [-0.3, -0.25) is 4.68 Å². The van der Waals surface area contributed by atoms with Gasteiger partial charge in [0.2, 0.25) is 10.0 Å². The smallest absolute Gasteiger partial charge is 0.248 e. The Morgan fingerprint density at radius 1 is 1.40 bits per heavy atom. The number of hydrogen-bond donors (Lipinski definition) is 0. The number of sulfonamides is 1. The highest BCUT2D eigenvalue weighted by Crippen LogP contribution is 2.23. The molecule has 8 heteroatoms. The molecule has 0 N–H and O–H groups in total. The molecule has 0 amide bonds. The minimum absolute atomic E-state index is 0.142. The summed E-state index contributed by atoms with van der Waals surface area (Å²) in [6.45, 7) is 6.19. The molecule has 0 spiro atoms. The van der Waals surface area contributed by atoms with Crippen LogP contribution >= 0.6 is 0 Å². The molecular weight excluding hydrogens is 280 g/mol. The van der Waals surface area contributed by atoms with Crippen LogP contribution in [0.5, 0.6) is 0 Å². The van der Waals surface area contributed by atoms with E-state index >= 15 is 0 Å². The molecule has 110 valence electrons. The van der Waals surface area contributed by atoms with Crippen molar-refractivity contribution in [2.75, 3.05) is 7.05 Å². The summed E-state index contributed by atoms with van der Waals surface area (Å²) >= 11 is 0. The van der Waals surface area contributed by atoms with Gasteiger partial charge in [0.05, 0.1) is 6.20 Å². The zero-order chi connectivity index (χ0) is 14.9. The van der Waals surface area contributed by atoms with Gasteiger partial charge in [0.25, 0.3) is 0 Å². The van der Waals surface area contributed by atoms with Crippen LogP contribution in [0.1, 0.15) is 23.9 Å². The molecule has 2 rings (SSSR count). The quantitative estimate of drug-likeness (QED) is 0.831. The zero-order valence-electron chi connectivity index (χ0n) is 12.0. The predicted molar refractivity (Wildman–Crippen MR) is 72.5 cm³/mol. The molecule has 2 heterocycles. The normalized spacial score (nSPS) is 12.2. The molecule has 0 bridgehead atoms. The highest BCUT2D eigenvalue weighted by Gasteiger charge is 2.28. The van der Waals surface area contributed by atoms with E-state index in [4.69, 9.17) is 4.52 Å². The maximum atomic E-state index is 12.5. The maximum Gasteiger partial charge on any atom is 0.248 e. The number of aryl methyl sites for hydroxylation is 3. The molecule has 0 atom stereocenters. The number of aromatic nitrogens is 3. The van der Waals surface area contributed by atoms with E-state index in [1.807, 2.05) is 13.1 Å². The molecule has 20 heavy (non-hydrogen) atoms. The Balaban J connectivity index is 2.26. The van der Waals surface area contributed by atoms with Crippen molar-refractivity contribution in [3.8, 4) is 0 Å². The fourth-order valence-electron chi connectivity index (χ4n) is 2.00. The second-order valence-corrected chi connectivity index (χ2v) is 6.60. The summed E-state index contributed by atoms with van der Waals surface area (Å²) in [5.74, 6) is 0.304. The van der Waals surface area contributed by atoms with Crippen LogP contribution in [0.2, 0.25) is 0 Å². The molecular formula is C12H18N4O3S. The van der Waals surface area contributed by atoms with Crippen LogP contribution in [0.3, 0.4) is 0 Å². The van der Waals surface area contributed by atoms with Gasteiger partial charge in [-0.15, -0.1) is 0 Å². The van der Waals surface area contributed by atoms with E-state index in [9.17, 15) is 8.42 Å². The van der Waals surface area contributed by atoms with Crippen LogP contribution in [0.15, 0.2) is 21.8 Å². The van der Waals surface area contributed by atoms with Gasteiger partial charge in [0, 0.05) is 31.9 Å². The highest BCUT2D eigenvalue weighted by atomic mass is 32.2. The number of rotatable bonds is 5. The van der Waals surface area contributed by atoms with Crippen molar-refractivity contribution in [3.63, 3.8) is 0 Å². The molecule has 0 aliphatic carbocycles. The van der Waals surface area contributed by atoms with Crippen LogP contribution in [0.25, 0.3) is 0 Å². The summed E-state index contributed by atoms with van der Waals surface area (Å²) < 4.78 is 33.0. The fourth-order valence-corrected chi connectivity index (χ4v) is 3.44. The van der Waals surface area contributed by atoms with E-state index in [-0.39, 0.29) is 11.4 Å². The molecule has 0 fully saturated rings. The third-order valence-corrected chi connectivity index (χ3v) is 5.10. The first-order chi connectivity index (χ1) is 9.36. The van der Waals surface area contributed by atoms with E-state index in [1.165, 1.54) is 11.4 Å². The van der Waals surface area contributed by atoms with E-state index in [1.54, 1.807) is 24.7 Å². The Morgan fingerprint density at radius 3 is 2.60 bits per heavy atom. The average Bonchev–Trinajstić information content (AvgIpc) is 2.96. The second-order valence-electron chi connectivity index (χ2n) is 4.62. The Morgan fingerprint density at radius 2 is 2.10 bits per heavy atom. The summed E-state index contributed by atoms with van der Waals surface area (Å²) in [5.41, 5.74) is 1.21. The minimum Gasteiger partial charge on any atom is -0.360 e. The van der Waals surface area contributed by atoms with Crippen LogP contribution < -0.4 is 0 Å². The summed E-state index contributed by atoms with van der Waals surface area (Å²) in [6, 6.07) is 0. The molecule has 0 saturated heterocycles. The van der Waals surface area contributed by atoms with Gasteiger partial charge in [-0.2, -0.15) is 9.40 Å². The highest BCUT2D eigenvalue weighted by molar-refractivity contribution is 7.89. The van der Waals surface area contributed by atoms with Crippen molar-refractivity contribution in [2.24, 2.45) is 0 Å². The lowest BCUT2D eigenvalue weighted by atomic mass is 10.4. The third-order valence-electron chi connectivity index (χ3n) is 3.05. The minimum atomic E-state index is -3.61. The molecule has 2 aromatic rings. The standard InChI is InChI=1S/C12H18N4O3S/c1-5-16-8-11(6-13-16)7-15(4)20(17,18)12-9(2)14-19-10(12)3/h6,8H,5,7H2,1-4H3. The molecule has 0 saturated carbocycles. The summed E-state index contributed by atoms with van der Waals surface area (Å²) in [5, 5.41) is 7.82. The Hall–Kier alpha value is -1.67. The van der Waals surface area contributed by atoms with Gasteiger partial charge in [0.1, 0.15) is 10.6 Å². The Bertz CT molecular complexity index is 683. The van der Waals surface area contributed by atoms with E-state index in [0.29, 0.717) is 11.5 Å². The van der Waals surface area contributed by atoms with Crippen molar-refractivity contribution in [1.82, 2.24) is 19.2 Å². The first-order valence-corrected chi connectivity index (χ1v) is 7.70. The first kappa shape index (κ1) is 14.7. The van der Waals surface area contributed by atoms with Crippen molar-refractivity contribution >= 4 is 10.0 Å². The second kappa shape index (κ2) is 5.37. The van der Waals surface area contributed by atoms with Crippen molar-refractivity contribution in [3.05, 3.63) is 29.4 Å². The van der Waals surface area contributed by atoms with Crippen LogP contribution in [-0.4, -0.2) is 34.7 Å². The Kier molecular flexibility index (Phi) is 3.96. The van der Waals surface area contributed by atoms with E-state index < -0.39 is 10.0 Å². The van der Waals surface area contributed by atoms with E-state index in [2.05, 4.69) is 10.3 Å². The molecule has 0 aromatic carbocycles. The number of hydrogen-bond acceptors (Lipinski definition) is 5. The summed E-state index contributed by atoms with van der Waals surface area (Å²) in [7, 11) is -2.08. The van der Waals surface area contributed by atoms with Gasteiger partial charge in [0.15, 0.2) is 5.76 Å². The molecule has 0 aliphatic heterocycles. The first-order valence-electron chi connectivity index (χ1n) is 6.26. The topological polar surface area (TPSA) is 81.2 Å². The van der Waals surface area contributed by atoms with Crippen LogP contribution in [-0.2, 0) is 23.1 Å². The molecule has 2 aromatic heterocycles. The molecule has 0 unspecified atom stereocenters.